The number of aromatic amines is 1. The number of benzene rings is 2. The largest absolute Gasteiger partial charge is 0.497 e. The van der Waals surface area contributed by atoms with Gasteiger partial charge in [0.15, 0.2) is 5.58 Å². The van der Waals surface area contributed by atoms with Gasteiger partial charge in [-0.2, -0.15) is 0 Å². The van der Waals surface area contributed by atoms with Crippen molar-refractivity contribution in [3.63, 3.8) is 0 Å². The molecule has 0 aliphatic carbocycles. The molecule has 0 bridgehead atoms. The molecule has 3 rings (SSSR count). The first-order valence-corrected chi connectivity index (χ1v) is 6.69. The monoisotopic (exact) mass is 284 g/mol. The Bertz CT molecular complexity index is 802. The van der Waals surface area contributed by atoms with Crippen LogP contribution in [0.1, 0.15) is 18.5 Å². The SMILES string of the molecule is COc1ccc(C(C)Nc2ccc3oc(=O)[nH]c3c2)cc1. The lowest BCUT2D eigenvalue weighted by atomic mass is 10.1. The maximum absolute atomic E-state index is 11.1. The summed E-state index contributed by atoms with van der Waals surface area (Å²) in [6.07, 6.45) is 0. The highest BCUT2D eigenvalue weighted by Gasteiger charge is 2.07. The second-order valence-corrected chi connectivity index (χ2v) is 4.86. The second-order valence-electron chi connectivity index (χ2n) is 4.86. The number of H-pyrrole nitrogens is 1. The van der Waals surface area contributed by atoms with E-state index in [0.717, 1.165) is 17.0 Å². The van der Waals surface area contributed by atoms with E-state index in [2.05, 4.69) is 17.2 Å². The van der Waals surface area contributed by atoms with E-state index in [1.807, 2.05) is 36.4 Å². The van der Waals surface area contributed by atoms with Crippen molar-refractivity contribution in [2.75, 3.05) is 12.4 Å². The van der Waals surface area contributed by atoms with Gasteiger partial charge in [-0.15, -0.1) is 0 Å². The first-order chi connectivity index (χ1) is 10.2. The molecule has 2 aromatic carbocycles. The molecule has 0 amide bonds. The van der Waals surface area contributed by atoms with Crippen LogP contribution in [-0.2, 0) is 0 Å². The zero-order chi connectivity index (χ0) is 14.8. The van der Waals surface area contributed by atoms with Crippen LogP contribution in [0.15, 0.2) is 51.7 Å². The molecule has 0 radical (unpaired) electrons. The van der Waals surface area contributed by atoms with Crippen LogP contribution in [0, 0.1) is 0 Å². The van der Waals surface area contributed by atoms with E-state index in [1.165, 1.54) is 0 Å². The Morgan fingerprint density at radius 2 is 1.95 bits per heavy atom. The van der Waals surface area contributed by atoms with Crippen LogP contribution in [0.4, 0.5) is 5.69 Å². The van der Waals surface area contributed by atoms with Crippen molar-refractivity contribution in [1.29, 1.82) is 0 Å². The van der Waals surface area contributed by atoms with Gasteiger partial charge in [0.25, 0.3) is 0 Å². The van der Waals surface area contributed by atoms with Gasteiger partial charge in [0.1, 0.15) is 5.75 Å². The molecule has 0 saturated heterocycles. The highest BCUT2D eigenvalue weighted by molar-refractivity contribution is 5.76. The molecule has 1 aromatic heterocycles. The molecule has 0 spiro atoms. The van der Waals surface area contributed by atoms with Crippen molar-refractivity contribution in [2.24, 2.45) is 0 Å². The number of hydrogen-bond donors (Lipinski definition) is 2. The summed E-state index contributed by atoms with van der Waals surface area (Å²) >= 11 is 0. The maximum Gasteiger partial charge on any atom is 0.417 e. The van der Waals surface area contributed by atoms with Crippen LogP contribution in [0.25, 0.3) is 11.1 Å². The Morgan fingerprint density at radius 3 is 2.67 bits per heavy atom. The summed E-state index contributed by atoms with van der Waals surface area (Å²) in [5, 5.41) is 3.39. The van der Waals surface area contributed by atoms with Gasteiger partial charge in [-0.3, -0.25) is 4.98 Å². The summed E-state index contributed by atoms with van der Waals surface area (Å²) in [4.78, 5) is 13.8. The fourth-order valence-corrected chi connectivity index (χ4v) is 2.27. The number of hydrogen-bond acceptors (Lipinski definition) is 4. The van der Waals surface area contributed by atoms with E-state index in [-0.39, 0.29) is 6.04 Å². The van der Waals surface area contributed by atoms with Crippen molar-refractivity contribution in [2.45, 2.75) is 13.0 Å². The number of methoxy groups -OCH3 is 1. The smallest absolute Gasteiger partial charge is 0.417 e. The van der Waals surface area contributed by atoms with Gasteiger partial charge in [-0.05, 0) is 42.8 Å². The third kappa shape index (κ3) is 2.76. The first-order valence-electron chi connectivity index (χ1n) is 6.69. The average molecular weight is 284 g/mol. The number of ether oxygens (including phenoxy) is 1. The van der Waals surface area contributed by atoms with Crippen molar-refractivity contribution < 1.29 is 9.15 Å². The number of aromatic nitrogens is 1. The summed E-state index contributed by atoms with van der Waals surface area (Å²) < 4.78 is 10.1. The highest BCUT2D eigenvalue weighted by Crippen LogP contribution is 2.23. The van der Waals surface area contributed by atoms with Gasteiger partial charge in [-0.1, -0.05) is 12.1 Å². The predicted octanol–water partition coefficient (Wildman–Crippen LogP) is 3.30. The molecule has 0 aliphatic rings. The predicted molar refractivity (Wildman–Crippen MR) is 81.9 cm³/mol. The Balaban J connectivity index is 1.81. The van der Waals surface area contributed by atoms with Crippen LogP contribution >= 0.6 is 0 Å². The van der Waals surface area contributed by atoms with E-state index < -0.39 is 5.76 Å². The highest BCUT2D eigenvalue weighted by atomic mass is 16.5. The minimum atomic E-state index is -0.439. The summed E-state index contributed by atoms with van der Waals surface area (Å²) in [7, 11) is 1.65. The molecule has 1 unspecified atom stereocenters. The van der Waals surface area contributed by atoms with Crippen molar-refractivity contribution in [3.05, 3.63) is 58.6 Å². The van der Waals surface area contributed by atoms with Gasteiger partial charge in [-0.25, -0.2) is 4.79 Å². The molecule has 0 fully saturated rings. The Kier molecular flexibility index (Phi) is 3.39. The second kappa shape index (κ2) is 5.36. The first kappa shape index (κ1) is 13.3. The zero-order valence-corrected chi connectivity index (χ0v) is 11.8. The molecule has 0 saturated carbocycles. The molecular weight excluding hydrogens is 268 g/mol. The number of rotatable bonds is 4. The minimum Gasteiger partial charge on any atom is -0.497 e. The molecule has 5 heteroatoms. The molecule has 5 nitrogen and oxygen atoms in total. The molecule has 2 N–H and O–H groups in total. The maximum atomic E-state index is 11.1. The molecular formula is C16H16N2O3. The number of anilines is 1. The summed E-state index contributed by atoms with van der Waals surface area (Å²) in [5.41, 5.74) is 3.31. The number of nitrogens with one attached hydrogen (secondary N) is 2. The van der Waals surface area contributed by atoms with Gasteiger partial charge < -0.3 is 14.5 Å². The van der Waals surface area contributed by atoms with E-state index >= 15 is 0 Å². The average Bonchev–Trinajstić information content (AvgIpc) is 2.86. The van der Waals surface area contributed by atoms with Crippen LogP contribution in [0.5, 0.6) is 5.75 Å². The molecule has 3 aromatic rings. The van der Waals surface area contributed by atoms with Crippen molar-refractivity contribution in [1.82, 2.24) is 4.98 Å². The molecule has 21 heavy (non-hydrogen) atoms. The fraction of sp³-hybridized carbons (Fsp3) is 0.188. The molecule has 108 valence electrons. The minimum absolute atomic E-state index is 0.131. The van der Waals surface area contributed by atoms with Crippen LogP contribution in [0.3, 0.4) is 0 Å². The third-order valence-corrected chi connectivity index (χ3v) is 3.42. The van der Waals surface area contributed by atoms with Crippen LogP contribution in [-0.4, -0.2) is 12.1 Å². The Hall–Kier alpha value is -2.69. The van der Waals surface area contributed by atoms with Crippen LogP contribution < -0.4 is 15.8 Å². The standard InChI is InChI=1S/C16H16N2O3/c1-10(11-3-6-13(20-2)7-4-11)17-12-5-8-15-14(9-12)18-16(19)21-15/h3-10,17H,1-2H3,(H,18,19). The van der Waals surface area contributed by atoms with Crippen LogP contribution in [0.2, 0.25) is 0 Å². The van der Waals surface area contributed by atoms with E-state index in [0.29, 0.717) is 11.1 Å². The van der Waals surface area contributed by atoms with Gasteiger partial charge in [0, 0.05) is 11.7 Å². The van der Waals surface area contributed by atoms with E-state index in [4.69, 9.17) is 9.15 Å². The Morgan fingerprint density at radius 1 is 1.19 bits per heavy atom. The fourth-order valence-electron chi connectivity index (χ4n) is 2.27. The Labute approximate surface area is 121 Å². The topological polar surface area (TPSA) is 67.3 Å². The molecule has 1 atom stereocenters. The lowest BCUT2D eigenvalue weighted by molar-refractivity contribution is 0.414. The van der Waals surface area contributed by atoms with Gasteiger partial charge in [0.05, 0.1) is 12.6 Å². The van der Waals surface area contributed by atoms with Gasteiger partial charge >= 0.3 is 5.76 Å². The summed E-state index contributed by atoms with van der Waals surface area (Å²) in [5.74, 6) is 0.397. The van der Waals surface area contributed by atoms with Crippen molar-refractivity contribution >= 4 is 16.8 Å². The lowest BCUT2D eigenvalue weighted by Gasteiger charge is -2.16. The number of oxazole rings is 1. The molecule has 1 heterocycles. The number of fused-ring (bicyclic) bond motifs is 1. The zero-order valence-electron chi connectivity index (χ0n) is 11.8. The normalized spacial score (nSPS) is 12.3. The summed E-state index contributed by atoms with van der Waals surface area (Å²) in [6, 6.07) is 13.6. The quantitative estimate of drug-likeness (QED) is 0.771. The summed E-state index contributed by atoms with van der Waals surface area (Å²) in [6.45, 7) is 2.07. The lowest BCUT2D eigenvalue weighted by Crippen LogP contribution is -2.06. The van der Waals surface area contributed by atoms with E-state index in [1.54, 1.807) is 13.2 Å². The van der Waals surface area contributed by atoms with Crippen molar-refractivity contribution in [3.8, 4) is 5.75 Å². The van der Waals surface area contributed by atoms with Gasteiger partial charge in [0.2, 0.25) is 0 Å². The molecule has 0 aliphatic heterocycles. The third-order valence-electron chi connectivity index (χ3n) is 3.42. The van der Waals surface area contributed by atoms with E-state index in [9.17, 15) is 4.79 Å².